The lowest BCUT2D eigenvalue weighted by molar-refractivity contribution is 0.217. The minimum absolute atomic E-state index is 0.0737. The fraction of sp³-hybridized carbons (Fsp3) is 0.364. The van der Waals surface area contributed by atoms with Gasteiger partial charge in [0.05, 0.1) is 5.69 Å². The number of nitrogens with one attached hydrogen (secondary N) is 2. The number of anilines is 1. The number of rotatable bonds is 5. The molecule has 1 aromatic carbocycles. The molecule has 0 atom stereocenters. The molecule has 0 fully saturated rings. The van der Waals surface area contributed by atoms with Crippen LogP contribution >= 0.6 is 0 Å². The highest BCUT2D eigenvalue weighted by molar-refractivity contribution is 7.89. The van der Waals surface area contributed by atoms with Gasteiger partial charge < -0.3 is 16.0 Å². The summed E-state index contributed by atoms with van der Waals surface area (Å²) in [6, 6.07) is 3.28. The second-order valence-electron chi connectivity index (χ2n) is 4.18. The predicted octanol–water partition coefficient (Wildman–Crippen LogP) is -0.0426. The molecule has 0 aromatic heterocycles. The van der Waals surface area contributed by atoms with Crippen molar-refractivity contribution in [2.24, 2.45) is 0 Å². The molecule has 0 aliphatic rings. The molecule has 112 valence electrons. The van der Waals surface area contributed by atoms with Crippen LogP contribution < -0.4 is 15.8 Å². The van der Waals surface area contributed by atoms with Gasteiger partial charge in [-0.1, -0.05) is 6.07 Å². The van der Waals surface area contributed by atoms with E-state index in [-0.39, 0.29) is 24.8 Å². The maximum absolute atomic E-state index is 13.5. The zero-order valence-corrected chi connectivity index (χ0v) is 12.0. The fourth-order valence-corrected chi connectivity index (χ4v) is 2.61. The summed E-state index contributed by atoms with van der Waals surface area (Å²) in [4.78, 5) is 11.9. The Kier molecular flexibility index (Phi) is 5.28. The van der Waals surface area contributed by atoms with Crippen molar-refractivity contribution in [1.82, 2.24) is 14.9 Å². The molecule has 0 aliphatic heterocycles. The molecule has 2 amide bonds. The molecule has 0 spiro atoms. The topological polar surface area (TPSA) is 105 Å². The number of nitrogens with two attached hydrogens (primary N) is 1. The third-order valence-electron chi connectivity index (χ3n) is 2.37. The molecule has 7 nitrogen and oxygen atoms in total. The summed E-state index contributed by atoms with van der Waals surface area (Å²) in [5, 5.41) is 2.47. The molecule has 0 saturated heterocycles. The highest BCUT2D eigenvalue weighted by atomic mass is 32.2. The van der Waals surface area contributed by atoms with Gasteiger partial charge in [0.1, 0.15) is 10.7 Å². The number of carbonyl (C=O) groups is 1. The van der Waals surface area contributed by atoms with E-state index in [4.69, 9.17) is 5.73 Å². The van der Waals surface area contributed by atoms with Crippen LogP contribution in [0.15, 0.2) is 23.1 Å². The first kappa shape index (κ1) is 16.2. The summed E-state index contributed by atoms with van der Waals surface area (Å²) in [5.74, 6) is -0.921. The Bertz CT molecular complexity index is 569. The number of carbonyl (C=O) groups excluding carboxylic acids is 1. The molecule has 0 bridgehead atoms. The maximum Gasteiger partial charge on any atom is 0.316 e. The van der Waals surface area contributed by atoms with E-state index >= 15 is 0 Å². The molecule has 1 rings (SSSR count). The van der Waals surface area contributed by atoms with Crippen LogP contribution in [0.4, 0.5) is 14.9 Å². The van der Waals surface area contributed by atoms with Crippen LogP contribution in [0.5, 0.6) is 0 Å². The summed E-state index contributed by atoms with van der Waals surface area (Å²) in [7, 11) is -0.945. The molecule has 20 heavy (non-hydrogen) atoms. The Hall–Kier alpha value is -1.87. The summed E-state index contributed by atoms with van der Waals surface area (Å²) < 4.78 is 39.5. The lowest BCUT2D eigenvalue weighted by Gasteiger charge is -2.13. The summed E-state index contributed by atoms with van der Waals surface area (Å²) in [6.07, 6.45) is 0. The van der Waals surface area contributed by atoms with Crippen molar-refractivity contribution in [2.75, 3.05) is 32.9 Å². The van der Waals surface area contributed by atoms with Crippen LogP contribution in [0.25, 0.3) is 0 Å². The Morgan fingerprint density at radius 2 is 2.00 bits per heavy atom. The third kappa shape index (κ3) is 4.07. The number of hydrogen-bond acceptors (Lipinski definition) is 4. The minimum Gasteiger partial charge on any atom is -0.398 e. The Balaban J connectivity index is 2.65. The second-order valence-corrected chi connectivity index (χ2v) is 5.89. The van der Waals surface area contributed by atoms with E-state index in [0.29, 0.717) is 0 Å². The number of urea groups is 1. The van der Waals surface area contributed by atoms with E-state index in [9.17, 15) is 17.6 Å². The van der Waals surface area contributed by atoms with E-state index in [2.05, 4.69) is 10.0 Å². The van der Waals surface area contributed by atoms with Gasteiger partial charge in [-0.3, -0.25) is 0 Å². The highest BCUT2D eigenvalue weighted by Crippen LogP contribution is 2.20. The molecule has 9 heteroatoms. The van der Waals surface area contributed by atoms with Gasteiger partial charge in [-0.15, -0.1) is 0 Å². The number of hydrogen-bond donors (Lipinski definition) is 3. The lowest BCUT2D eigenvalue weighted by atomic mass is 10.3. The van der Waals surface area contributed by atoms with E-state index < -0.39 is 20.7 Å². The molecule has 0 saturated carbocycles. The number of benzene rings is 1. The largest absolute Gasteiger partial charge is 0.398 e. The summed E-state index contributed by atoms with van der Waals surface area (Å²) in [5.41, 5.74) is 5.29. The van der Waals surface area contributed by atoms with Crippen LogP contribution in [0.2, 0.25) is 0 Å². The average Bonchev–Trinajstić information content (AvgIpc) is 2.33. The zero-order valence-electron chi connectivity index (χ0n) is 11.2. The van der Waals surface area contributed by atoms with Gasteiger partial charge in [0.2, 0.25) is 10.0 Å². The van der Waals surface area contributed by atoms with E-state index in [1.54, 1.807) is 14.1 Å². The van der Waals surface area contributed by atoms with Gasteiger partial charge in [0.15, 0.2) is 0 Å². The fourth-order valence-electron chi connectivity index (χ4n) is 1.39. The van der Waals surface area contributed by atoms with Crippen molar-refractivity contribution in [2.45, 2.75) is 4.90 Å². The van der Waals surface area contributed by atoms with Gasteiger partial charge in [-0.2, -0.15) is 0 Å². The zero-order chi connectivity index (χ0) is 15.3. The van der Waals surface area contributed by atoms with Crippen LogP contribution in [0, 0.1) is 5.82 Å². The van der Waals surface area contributed by atoms with E-state index in [1.807, 2.05) is 0 Å². The van der Waals surface area contributed by atoms with Crippen molar-refractivity contribution in [1.29, 1.82) is 0 Å². The van der Waals surface area contributed by atoms with Crippen LogP contribution in [0.1, 0.15) is 0 Å². The Labute approximate surface area is 117 Å². The molecule has 0 aliphatic carbocycles. The maximum atomic E-state index is 13.5. The summed E-state index contributed by atoms with van der Waals surface area (Å²) >= 11 is 0. The highest BCUT2D eigenvalue weighted by Gasteiger charge is 2.21. The van der Waals surface area contributed by atoms with Crippen LogP contribution in [-0.2, 0) is 10.0 Å². The standard InChI is InChI=1S/C11H17FN4O3S/c1-16(2)11(17)14-6-7-15-20(18,19)10-8(12)4-3-5-9(10)13/h3-5,15H,6-7,13H2,1-2H3,(H,14,17). The van der Waals surface area contributed by atoms with Gasteiger partial charge in [0, 0.05) is 27.2 Å². The van der Waals surface area contributed by atoms with Gasteiger partial charge in [-0.05, 0) is 12.1 Å². The lowest BCUT2D eigenvalue weighted by Crippen LogP contribution is -2.39. The average molecular weight is 304 g/mol. The Morgan fingerprint density at radius 1 is 1.35 bits per heavy atom. The second kappa shape index (κ2) is 6.53. The number of nitrogens with zero attached hydrogens (tertiary/aromatic N) is 1. The van der Waals surface area contributed by atoms with Crippen molar-refractivity contribution < 1.29 is 17.6 Å². The first-order chi connectivity index (χ1) is 9.25. The Morgan fingerprint density at radius 3 is 2.55 bits per heavy atom. The summed E-state index contributed by atoms with van der Waals surface area (Å²) in [6.45, 7) is 0.000286. The van der Waals surface area contributed by atoms with Gasteiger partial charge in [0.25, 0.3) is 0 Å². The number of sulfonamides is 1. The third-order valence-corrected chi connectivity index (χ3v) is 3.92. The monoisotopic (exact) mass is 304 g/mol. The molecule has 4 N–H and O–H groups in total. The van der Waals surface area contributed by atoms with Crippen LogP contribution in [-0.4, -0.2) is 46.5 Å². The normalized spacial score (nSPS) is 11.2. The van der Waals surface area contributed by atoms with Crippen molar-refractivity contribution in [3.8, 4) is 0 Å². The smallest absolute Gasteiger partial charge is 0.316 e. The van der Waals surface area contributed by atoms with Gasteiger partial charge in [-0.25, -0.2) is 22.3 Å². The number of nitrogen functional groups attached to an aromatic ring is 1. The molecular formula is C11H17FN4O3S. The first-order valence-corrected chi connectivity index (χ1v) is 7.23. The quantitative estimate of drug-likeness (QED) is 0.524. The minimum atomic E-state index is -4.05. The number of halogens is 1. The van der Waals surface area contributed by atoms with Crippen LogP contribution in [0.3, 0.4) is 0 Å². The molecular weight excluding hydrogens is 287 g/mol. The number of amides is 2. The van der Waals surface area contributed by atoms with Crippen molar-refractivity contribution in [3.05, 3.63) is 24.0 Å². The SMILES string of the molecule is CN(C)C(=O)NCCNS(=O)(=O)c1c(N)cccc1F. The predicted molar refractivity (Wildman–Crippen MR) is 73.1 cm³/mol. The molecule has 0 unspecified atom stereocenters. The van der Waals surface area contributed by atoms with E-state index in [1.165, 1.54) is 17.0 Å². The molecule has 0 heterocycles. The van der Waals surface area contributed by atoms with Crippen molar-refractivity contribution >= 4 is 21.7 Å². The molecule has 0 radical (unpaired) electrons. The van der Waals surface area contributed by atoms with Gasteiger partial charge >= 0.3 is 6.03 Å². The first-order valence-electron chi connectivity index (χ1n) is 5.74. The van der Waals surface area contributed by atoms with E-state index in [0.717, 1.165) is 6.07 Å². The molecule has 1 aromatic rings. The van der Waals surface area contributed by atoms with Crippen molar-refractivity contribution in [3.63, 3.8) is 0 Å².